The number of para-hydroxylation sites is 1. The Morgan fingerprint density at radius 1 is 1.00 bits per heavy atom. The molecule has 4 nitrogen and oxygen atoms in total. The molecule has 2 N–H and O–H groups in total. The zero-order chi connectivity index (χ0) is 16.9. The van der Waals surface area contributed by atoms with Gasteiger partial charge in [-0.15, -0.1) is 0 Å². The summed E-state index contributed by atoms with van der Waals surface area (Å²) >= 11 is 3.49. The molecule has 3 aromatic rings. The van der Waals surface area contributed by atoms with Crippen molar-refractivity contribution in [3.8, 4) is 0 Å². The van der Waals surface area contributed by atoms with E-state index in [-0.39, 0.29) is 5.91 Å². The highest BCUT2D eigenvalue weighted by Gasteiger charge is 2.09. The van der Waals surface area contributed by atoms with Crippen LogP contribution in [0, 0.1) is 6.92 Å². The highest BCUT2D eigenvalue weighted by Crippen LogP contribution is 2.25. The molecule has 0 saturated heterocycles. The van der Waals surface area contributed by atoms with E-state index < -0.39 is 0 Å². The fourth-order valence-electron chi connectivity index (χ4n) is 2.27. The normalized spacial score (nSPS) is 10.2. The van der Waals surface area contributed by atoms with Crippen molar-refractivity contribution in [2.45, 2.75) is 6.92 Å². The van der Waals surface area contributed by atoms with Gasteiger partial charge in [0.2, 0.25) is 0 Å². The van der Waals surface area contributed by atoms with Gasteiger partial charge in [-0.3, -0.25) is 9.78 Å². The summed E-state index contributed by atoms with van der Waals surface area (Å²) in [6.45, 7) is 1.98. The molecule has 2 aromatic carbocycles. The molecule has 1 aromatic heterocycles. The minimum atomic E-state index is -0.239. The largest absolute Gasteiger partial charge is 0.354 e. The first kappa shape index (κ1) is 16.2. The molecule has 1 amide bonds. The average molecular weight is 382 g/mol. The number of aryl methyl sites for hydroxylation is 1. The van der Waals surface area contributed by atoms with Gasteiger partial charge in [0.1, 0.15) is 5.69 Å². The molecule has 0 aliphatic heterocycles. The summed E-state index contributed by atoms with van der Waals surface area (Å²) in [5.74, 6) is -0.239. The Hall–Kier alpha value is -2.66. The third-order valence-corrected chi connectivity index (χ3v) is 4.11. The van der Waals surface area contributed by atoms with Crippen LogP contribution >= 0.6 is 15.9 Å². The van der Waals surface area contributed by atoms with Crippen LogP contribution in [0.4, 0.5) is 17.1 Å². The molecule has 0 aliphatic carbocycles. The number of hydrogen-bond acceptors (Lipinski definition) is 3. The van der Waals surface area contributed by atoms with E-state index in [9.17, 15) is 4.79 Å². The van der Waals surface area contributed by atoms with E-state index in [1.54, 1.807) is 12.3 Å². The van der Waals surface area contributed by atoms with Crippen LogP contribution in [0.2, 0.25) is 0 Å². The van der Waals surface area contributed by atoms with Gasteiger partial charge in [-0.1, -0.05) is 24.3 Å². The number of nitrogens with zero attached hydrogens (tertiary/aromatic N) is 1. The zero-order valence-corrected chi connectivity index (χ0v) is 14.7. The lowest BCUT2D eigenvalue weighted by Gasteiger charge is -2.10. The summed E-state index contributed by atoms with van der Waals surface area (Å²) in [5.41, 5.74) is 3.92. The number of nitrogens with one attached hydrogen (secondary N) is 2. The first-order valence-corrected chi connectivity index (χ1v) is 8.27. The SMILES string of the molecule is Cc1cccc(NC(=O)c2cc(Nc3ccccc3Br)ccn2)c1. The maximum atomic E-state index is 12.4. The number of amides is 1. The molecule has 5 heteroatoms. The van der Waals surface area contributed by atoms with E-state index in [4.69, 9.17) is 0 Å². The molecule has 0 saturated carbocycles. The van der Waals surface area contributed by atoms with Crippen molar-refractivity contribution >= 4 is 38.9 Å². The summed E-state index contributed by atoms with van der Waals surface area (Å²) in [6, 6.07) is 19.0. The lowest BCUT2D eigenvalue weighted by molar-refractivity contribution is 0.102. The van der Waals surface area contributed by atoms with E-state index in [2.05, 4.69) is 31.5 Å². The molecule has 0 bridgehead atoms. The number of pyridine rings is 1. The fraction of sp³-hybridized carbons (Fsp3) is 0.0526. The zero-order valence-electron chi connectivity index (χ0n) is 13.1. The minimum Gasteiger partial charge on any atom is -0.354 e. The van der Waals surface area contributed by atoms with Crippen molar-refractivity contribution in [2.24, 2.45) is 0 Å². The van der Waals surface area contributed by atoms with E-state index in [1.807, 2.05) is 61.5 Å². The molecule has 0 aliphatic rings. The molecule has 120 valence electrons. The molecule has 0 radical (unpaired) electrons. The summed E-state index contributed by atoms with van der Waals surface area (Å²) < 4.78 is 0.951. The third-order valence-electron chi connectivity index (χ3n) is 3.42. The second-order valence-electron chi connectivity index (χ2n) is 5.36. The molecule has 1 heterocycles. The van der Waals surface area contributed by atoms with Gasteiger partial charge >= 0.3 is 0 Å². The number of halogens is 1. The highest BCUT2D eigenvalue weighted by atomic mass is 79.9. The lowest BCUT2D eigenvalue weighted by Crippen LogP contribution is -2.13. The van der Waals surface area contributed by atoms with Crippen LogP contribution in [0.25, 0.3) is 0 Å². The molecule has 24 heavy (non-hydrogen) atoms. The summed E-state index contributed by atoms with van der Waals surface area (Å²) in [4.78, 5) is 16.5. The molecule has 0 fully saturated rings. The first-order valence-electron chi connectivity index (χ1n) is 7.47. The molecule has 0 unspecified atom stereocenters. The van der Waals surface area contributed by atoms with Crippen LogP contribution in [-0.2, 0) is 0 Å². The molecular weight excluding hydrogens is 366 g/mol. The van der Waals surface area contributed by atoms with Crippen molar-refractivity contribution in [1.82, 2.24) is 4.98 Å². The standard InChI is InChI=1S/C19H16BrN3O/c1-13-5-4-6-14(11-13)23-19(24)18-12-15(9-10-21-18)22-17-8-3-2-7-16(17)20/h2-12H,1H3,(H,21,22)(H,23,24). The fourth-order valence-corrected chi connectivity index (χ4v) is 2.65. The Kier molecular flexibility index (Phi) is 4.91. The van der Waals surface area contributed by atoms with Gasteiger partial charge in [0.05, 0.1) is 5.69 Å². The van der Waals surface area contributed by atoms with Gasteiger partial charge in [0.25, 0.3) is 5.91 Å². The van der Waals surface area contributed by atoms with Crippen LogP contribution in [0.1, 0.15) is 16.1 Å². The maximum Gasteiger partial charge on any atom is 0.274 e. The Labute approximate surface area is 149 Å². The molecule has 3 rings (SSSR count). The number of anilines is 3. The minimum absolute atomic E-state index is 0.239. The molecule has 0 atom stereocenters. The smallest absolute Gasteiger partial charge is 0.274 e. The van der Waals surface area contributed by atoms with E-state index in [0.29, 0.717) is 5.69 Å². The molecular formula is C19H16BrN3O. The number of rotatable bonds is 4. The van der Waals surface area contributed by atoms with Crippen LogP contribution in [0.15, 0.2) is 71.3 Å². The van der Waals surface area contributed by atoms with Crippen LogP contribution in [-0.4, -0.2) is 10.9 Å². The Bertz CT molecular complexity index is 880. The number of hydrogen-bond donors (Lipinski definition) is 2. The number of carbonyl (C=O) groups excluding carboxylic acids is 1. The average Bonchev–Trinajstić information content (AvgIpc) is 2.57. The predicted molar refractivity (Wildman–Crippen MR) is 101 cm³/mol. The number of carbonyl (C=O) groups is 1. The third kappa shape index (κ3) is 4.00. The van der Waals surface area contributed by atoms with Crippen molar-refractivity contribution in [3.05, 3.63) is 82.6 Å². The van der Waals surface area contributed by atoms with Gasteiger partial charge in [-0.25, -0.2) is 0 Å². The Morgan fingerprint density at radius 3 is 2.62 bits per heavy atom. The van der Waals surface area contributed by atoms with Gasteiger partial charge in [-0.05, 0) is 64.8 Å². The summed E-state index contributed by atoms with van der Waals surface area (Å²) in [5, 5.41) is 6.14. The van der Waals surface area contributed by atoms with E-state index in [1.165, 1.54) is 0 Å². The van der Waals surface area contributed by atoms with E-state index >= 15 is 0 Å². The van der Waals surface area contributed by atoms with Gasteiger partial charge in [0.15, 0.2) is 0 Å². The monoisotopic (exact) mass is 381 g/mol. The Morgan fingerprint density at radius 2 is 1.83 bits per heavy atom. The quantitative estimate of drug-likeness (QED) is 0.656. The highest BCUT2D eigenvalue weighted by molar-refractivity contribution is 9.10. The van der Waals surface area contributed by atoms with Gasteiger partial charge in [-0.2, -0.15) is 0 Å². The van der Waals surface area contributed by atoms with Crippen LogP contribution in [0.3, 0.4) is 0 Å². The number of aromatic nitrogens is 1. The second kappa shape index (κ2) is 7.27. The van der Waals surface area contributed by atoms with Gasteiger partial charge < -0.3 is 10.6 Å². The van der Waals surface area contributed by atoms with Crippen LogP contribution < -0.4 is 10.6 Å². The van der Waals surface area contributed by atoms with Crippen molar-refractivity contribution < 1.29 is 4.79 Å². The number of benzene rings is 2. The van der Waals surface area contributed by atoms with Gasteiger partial charge in [0, 0.05) is 22.0 Å². The van der Waals surface area contributed by atoms with Crippen molar-refractivity contribution in [2.75, 3.05) is 10.6 Å². The Balaban J connectivity index is 1.77. The summed E-state index contributed by atoms with van der Waals surface area (Å²) in [6.07, 6.45) is 1.62. The molecule has 0 spiro atoms. The second-order valence-corrected chi connectivity index (χ2v) is 6.21. The topological polar surface area (TPSA) is 54.0 Å². The maximum absolute atomic E-state index is 12.4. The van der Waals surface area contributed by atoms with Crippen LogP contribution in [0.5, 0.6) is 0 Å². The van der Waals surface area contributed by atoms with Crippen molar-refractivity contribution in [3.63, 3.8) is 0 Å². The summed E-state index contributed by atoms with van der Waals surface area (Å²) in [7, 11) is 0. The van der Waals surface area contributed by atoms with Crippen molar-refractivity contribution in [1.29, 1.82) is 0 Å². The predicted octanol–water partition coefficient (Wildman–Crippen LogP) is 5.15. The van der Waals surface area contributed by atoms with E-state index in [0.717, 1.165) is 27.1 Å². The lowest BCUT2D eigenvalue weighted by atomic mass is 10.2. The first-order chi connectivity index (χ1) is 11.6.